The molecule has 8 heteroatoms. The van der Waals surface area contributed by atoms with E-state index in [1.807, 2.05) is 29.2 Å². The number of likely N-dealkylation sites (tertiary alicyclic amines) is 1. The van der Waals surface area contributed by atoms with Gasteiger partial charge in [-0.3, -0.25) is 4.90 Å². The normalized spacial score (nSPS) is 25.0. The maximum absolute atomic E-state index is 13.7. The molecule has 4 atom stereocenters. The van der Waals surface area contributed by atoms with Crippen LogP contribution in [0.15, 0.2) is 48.5 Å². The second kappa shape index (κ2) is 11.9. The monoisotopic (exact) mass is 497 g/mol. The summed E-state index contributed by atoms with van der Waals surface area (Å²) in [5.41, 5.74) is 7.16. The van der Waals surface area contributed by atoms with Crippen LogP contribution in [0.3, 0.4) is 0 Å². The molecule has 3 N–H and O–H groups in total. The Balaban J connectivity index is 0.000000308. The van der Waals surface area contributed by atoms with E-state index in [4.69, 9.17) is 22.6 Å². The van der Waals surface area contributed by atoms with Gasteiger partial charge in [-0.25, -0.2) is 9.18 Å². The van der Waals surface area contributed by atoms with Crippen molar-refractivity contribution in [1.29, 1.82) is 5.26 Å². The largest absolute Gasteiger partial charge is 0.326 e. The van der Waals surface area contributed by atoms with Crippen molar-refractivity contribution in [3.05, 3.63) is 64.9 Å². The Bertz CT molecular complexity index is 1050. The quantitative estimate of drug-likeness (QED) is 0.602. The third-order valence-electron chi connectivity index (χ3n) is 7.26. The number of urea groups is 1. The smallest absolute Gasteiger partial charge is 0.322 e. The minimum atomic E-state index is -0.523. The standard InChI is InChI=1S/C20H28ClFN4O.C7H5N/c21-18-4-2-16(11-19(18)22)24-20(27)26(8-7-25-6-5-15(23)12-25)17-3-1-13-9-14(13)10-17;8-6-7-4-2-1-3-5-7/h2,4,11,13-15,17H,1,3,5-10,12,23H2,(H,24,27);1-5H. The highest BCUT2D eigenvalue weighted by molar-refractivity contribution is 6.30. The van der Waals surface area contributed by atoms with Gasteiger partial charge in [-0.2, -0.15) is 5.26 Å². The Morgan fingerprint density at radius 1 is 1.17 bits per heavy atom. The molecule has 2 saturated carbocycles. The van der Waals surface area contributed by atoms with Gasteiger partial charge in [-0.1, -0.05) is 29.8 Å². The van der Waals surface area contributed by atoms with Crippen LogP contribution in [0.4, 0.5) is 14.9 Å². The number of halogens is 2. The minimum absolute atomic E-state index is 0.0577. The molecule has 186 valence electrons. The lowest BCUT2D eigenvalue weighted by Gasteiger charge is -2.35. The molecule has 1 saturated heterocycles. The van der Waals surface area contributed by atoms with Crippen LogP contribution in [0.2, 0.25) is 5.02 Å². The van der Waals surface area contributed by atoms with Gasteiger partial charge in [0.25, 0.3) is 0 Å². The molecule has 35 heavy (non-hydrogen) atoms. The average molecular weight is 498 g/mol. The minimum Gasteiger partial charge on any atom is -0.326 e. The number of carbonyl (C=O) groups excluding carboxylic acids is 1. The molecular formula is C27H33ClFN5O. The van der Waals surface area contributed by atoms with E-state index in [9.17, 15) is 9.18 Å². The third kappa shape index (κ3) is 7.17. The van der Waals surface area contributed by atoms with Gasteiger partial charge >= 0.3 is 6.03 Å². The maximum atomic E-state index is 13.7. The zero-order valence-corrected chi connectivity index (χ0v) is 20.6. The van der Waals surface area contributed by atoms with E-state index in [-0.39, 0.29) is 23.1 Å². The van der Waals surface area contributed by atoms with Gasteiger partial charge in [-0.05, 0) is 80.8 Å². The number of hydrogen-bond donors (Lipinski definition) is 2. The maximum Gasteiger partial charge on any atom is 0.322 e. The zero-order valence-electron chi connectivity index (χ0n) is 19.9. The fraction of sp³-hybridized carbons (Fsp3) is 0.481. The second-order valence-corrected chi connectivity index (χ2v) is 10.2. The second-order valence-electron chi connectivity index (χ2n) is 9.80. The Morgan fingerprint density at radius 3 is 2.60 bits per heavy atom. The van der Waals surface area contributed by atoms with Gasteiger partial charge in [0, 0.05) is 37.4 Å². The van der Waals surface area contributed by atoms with Crippen molar-refractivity contribution in [1.82, 2.24) is 9.80 Å². The number of nitrogens with two attached hydrogens (primary N) is 1. The molecule has 0 spiro atoms. The summed E-state index contributed by atoms with van der Waals surface area (Å²) in [4.78, 5) is 17.3. The van der Waals surface area contributed by atoms with Crippen molar-refractivity contribution < 1.29 is 9.18 Å². The summed E-state index contributed by atoms with van der Waals surface area (Å²) in [5.74, 6) is 1.14. The Labute approximate surface area is 211 Å². The predicted octanol–water partition coefficient (Wildman–Crippen LogP) is 5.09. The van der Waals surface area contributed by atoms with Crippen LogP contribution in [-0.2, 0) is 0 Å². The molecule has 5 rings (SSSR count). The summed E-state index contributed by atoms with van der Waals surface area (Å²) in [7, 11) is 0. The first-order valence-electron chi connectivity index (χ1n) is 12.4. The highest BCUT2D eigenvalue weighted by Crippen LogP contribution is 2.50. The van der Waals surface area contributed by atoms with Crippen LogP contribution >= 0.6 is 11.6 Å². The number of anilines is 1. The average Bonchev–Trinajstić information content (AvgIpc) is 3.53. The Kier molecular flexibility index (Phi) is 8.61. The van der Waals surface area contributed by atoms with E-state index in [0.29, 0.717) is 17.8 Å². The van der Waals surface area contributed by atoms with Gasteiger partial charge in [0.05, 0.1) is 16.7 Å². The molecule has 2 amide bonds. The fourth-order valence-electron chi connectivity index (χ4n) is 5.16. The van der Waals surface area contributed by atoms with E-state index in [0.717, 1.165) is 50.7 Å². The summed E-state index contributed by atoms with van der Waals surface area (Å²) in [6, 6.07) is 15.9. The van der Waals surface area contributed by atoms with Gasteiger partial charge in [-0.15, -0.1) is 0 Å². The number of carbonyl (C=O) groups is 1. The van der Waals surface area contributed by atoms with Crippen LogP contribution in [-0.4, -0.2) is 54.1 Å². The number of nitrogens with one attached hydrogen (secondary N) is 1. The molecule has 0 bridgehead atoms. The molecule has 6 nitrogen and oxygen atoms in total. The van der Waals surface area contributed by atoms with Crippen LogP contribution in [0.25, 0.3) is 0 Å². The highest BCUT2D eigenvalue weighted by atomic mass is 35.5. The topological polar surface area (TPSA) is 85.4 Å². The number of hydrogen-bond acceptors (Lipinski definition) is 4. The fourth-order valence-corrected chi connectivity index (χ4v) is 5.27. The number of rotatable bonds is 5. The molecule has 1 aliphatic heterocycles. The highest BCUT2D eigenvalue weighted by Gasteiger charge is 2.44. The molecule has 2 aromatic carbocycles. The third-order valence-corrected chi connectivity index (χ3v) is 7.56. The van der Waals surface area contributed by atoms with Crippen molar-refractivity contribution in [3.63, 3.8) is 0 Å². The summed E-state index contributed by atoms with van der Waals surface area (Å²) >= 11 is 5.74. The first-order valence-corrected chi connectivity index (χ1v) is 12.8. The first-order chi connectivity index (χ1) is 16.9. The van der Waals surface area contributed by atoms with Gasteiger partial charge in [0.15, 0.2) is 0 Å². The zero-order chi connectivity index (χ0) is 24.8. The lowest BCUT2D eigenvalue weighted by molar-refractivity contribution is 0.153. The summed E-state index contributed by atoms with van der Waals surface area (Å²) in [6.45, 7) is 3.40. The van der Waals surface area contributed by atoms with Crippen molar-refractivity contribution in [2.45, 2.75) is 44.2 Å². The molecule has 2 aliphatic carbocycles. The van der Waals surface area contributed by atoms with Crippen LogP contribution in [0.5, 0.6) is 0 Å². The molecular weight excluding hydrogens is 465 g/mol. The Hall–Kier alpha value is -2.66. The van der Waals surface area contributed by atoms with Gasteiger partial charge in [0.2, 0.25) is 0 Å². The molecule has 4 unspecified atom stereocenters. The number of nitrogens with zero attached hydrogens (tertiary/aromatic N) is 3. The number of benzene rings is 2. The van der Waals surface area contributed by atoms with Gasteiger partial charge in [0.1, 0.15) is 5.82 Å². The SMILES string of the molecule is N#Cc1ccccc1.NC1CCN(CCN(C(=O)Nc2ccc(Cl)c(F)c2)C2CCC3CC3C2)C1. The molecule has 3 fully saturated rings. The van der Waals surface area contributed by atoms with E-state index < -0.39 is 5.82 Å². The molecule has 1 heterocycles. The summed E-state index contributed by atoms with van der Waals surface area (Å²) < 4.78 is 13.7. The van der Waals surface area contributed by atoms with E-state index in [1.165, 1.54) is 25.0 Å². The van der Waals surface area contributed by atoms with E-state index >= 15 is 0 Å². The Morgan fingerprint density at radius 2 is 1.97 bits per heavy atom. The predicted molar refractivity (Wildman–Crippen MR) is 137 cm³/mol. The van der Waals surface area contributed by atoms with E-state index in [1.54, 1.807) is 18.2 Å². The van der Waals surface area contributed by atoms with Crippen LogP contribution in [0.1, 0.15) is 37.7 Å². The first kappa shape index (κ1) is 25.4. The van der Waals surface area contributed by atoms with Crippen LogP contribution < -0.4 is 11.1 Å². The van der Waals surface area contributed by atoms with Gasteiger partial charge < -0.3 is 16.0 Å². The number of fused-ring (bicyclic) bond motifs is 1. The van der Waals surface area contributed by atoms with Crippen molar-refractivity contribution >= 4 is 23.3 Å². The van der Waals surface area contributed by atoms with Crippen molar-refractivity contribution in [2.75, 3.05) is 31.5 Å². The van der Waals surface area contributed by atoms with Crippen LogP contribution in [0, 0.1) is 29.0 Å². The lowest BCUT2D eigenvalue weighted by atomic mass is 9.94. The van der Waals surface area contributed by atoms with Crippen molar-refractivity contribution in [3.8, 4) is 6.07 Å². The van der Waals surface area contributed by atoms with Crippen molar-refractivity contribution in [2.24, 2.45) is 17.6 Å². The summed E-state index contributed by atoms with van der Waals surface area (Å²) in [5, 5.41) is 11.2. The van der Waals surface area contributed by atoms with E-state index in [2.05, 4.69) is 10.2 Å². The molecule has 0 radical (unpaired) electrons. The molecule has 2 aromatic rings. The molecule has 0 aromatic heterocycles. The molecule has 3 aliphatic rings. The summed E-state index contributed by atoms with van der Waals surface area (Å²) in [6.07, 6.45) is 5.69. The number of nitriles is 1. The number of amides is 2. The lowest BCUT2D eigenvalue weighted by Crippen LogP contribution is -2.47.